The zero-order valence-corrected chi connectivity index (χ0v) is 10.3. The largest absolute Gasteiger partial charge is 0.380 e. The fraction of sp³-hybridized carbons (Fsp3) is 0.462. The monoisotopic (exact) mass is 255 g/mol. The Morgan fingerprint density at radius 2 is 2.11 bits per heavy atom. The maximum Gasteiger partial charge on any atom is 0.182 e. The number of hydrogen-bond acceptors (Lipinski definition) is 3. The quantitative estimate of drug-likeness (QED) is 0.837. The first-order valence-corrected chi connectivity index (χ1v) is 5.79. The highest BCUT2D eigenvalue weighted by molar-refractivity contribution is 6.00. The molecule has 2 unspecified atom stereocenters. The van der Waals surface area contributed by atoms with Crippen molar-refractivity contribution in [1.29, 1.82) is 0 Å². The minimum Gasteiger partial charge on any atom is -0.380 e. The van der Waals surface area contributed by atoms with Crippen molar-refractivity contribution < 1.29 is 18.3 Å². The summed E-state index contributed by atoms with van der Waals surface area (Å²) in [5.74, 6) is -2.45. The molecular formula is C13H15F2NO2. The van der Waals surface area contributed by atoms with E-state index in [0.717, 1.165) is 0 Å². The average molecular weight is 255 g/mol. The summed E-state index contributed by atoms with van der Waals surface area (Å²) < 4.78 is 32.2. The van der Waals surface area contributed by atoms with Gasteiger partial charge in [0.1, 0.15) is 0 Å². The summed E-state index contributed by atoms with van der Waals surface area (Å²) >= 11 is 0. The van der Waals surface area contributed by atoms with Gasteiger partial charge in [0.2, 0.25) is 0 Å². The van der Waals surface area contributed by atoms with Crippen molar-refractivity contribution in [2.75, 3.05) is 13.7 Å². The predicted molar refractivity (Wildman–Crippen MR) is 62.6 cm³/mol. The summed E-state index contributed by atoms with van der Waals surface area (Å²) in [7, 11) is 1.56. The Morgan fingerprint density at radius 3 is 2.72 bits per heavy atom. The zero-order chi connectivity index (χ0) is 13.3. The molecule has 0 amide bonds. The number of carbonyl (C=O) groups is 1. The van der Waals surface area contributed by atoms with E-state index in [2.05, 4.69) is 5.32 Å². The molecule has 1 aliphatic heterocycles. The molecule has 0 radical (unpaired) electrons. The van der Waals surface area contributed by atoms with Crippen LogP contribution >= 0.6 is 0 Å². The van der Waals surface area contributed by atoms with E-state index in [9.17, 15) is 13.6 Å². The molecule has 98 valence electrons. The Hall–Kier alpha value is -1.33. The Bertz CT molecular complexity index is 476. The van der Waals surface area contributed by atoms with Gasteiger partial charge in [0.05, 0.1) is 17.7 Å². The smallest absolute Gasteiger partial charge is 0.182 e. The minimum atomic E-state index is -1.07. The molecule has 0 aliphatic carbocycles. The van der Waals surface area contributed by atoms with Gasteiger partial charge in [-0.25, -0.2) is 8.78 Å². The molecule has 5 heteroatoms. The number of ketones is 1. The van der Waals surface area contributed by atoms with Gasteiger partial charge in [-0.3, -0.25) is 4.79 Å². The Balaban J connectivity index is 2.22. The second-order valence-electron chi connectivity index (χ2n) is 4.48. The van der Waals surface area contributed by atoms with Crippen molar-refractivity contribution in [3.05, 3.63) is 34.9 Å². The van der Waals surface area contributed by atoms with E-state index in [1.165, 1.54) is 19.1 Å². The van der Waals surface area contributed by atoms with E-state index in [4.69, 9.17) is 4.74 Å². The number of methoxy groups -OCH3 is 1. The normalized spacial score (nSPS) is 23.3. The van der Waals surface area contributed by atoms with Crippen molar-refractivity contribution in [2.45, 2.75) is 25.5 Å². The molecule has 1 aromatic carbocycles. The fourth-order valence-electron chi connectivity index (χ4n) is 2.11. The first kappa shape index (κ1) is 13.1. The van der Waals surface area contributed by atoms with Crippen LogP contribution in [0.1, 0.15) is 22.3 Å². The first-order valence-electron chi connectivity index (χ1n) is 5.79. The molecule has 3 nitrogen and oxygen atoms in total. The highest BCUT2D eigenvalue weighted by Gasteiger charge is 2.31. The van der Waals surface area contributed by atoms with Crippen LogP contribution in [0.15, 0.2) is 12.1 Å². The summed E-state index contributed by atoms with van der Waals surface area (Å²) in [6.07, 6.45) is 0.418. The van der Waals surface area contributed by atoms with Crippen LogP contribution in [0.25, 0.3) is 0 Å². The number of benzene rings is 1. The van der Waals surface area contributed by atoms with Crippen LogP contribution in [-0.2, 0) is 4.74 Å². The van der Waals surface area contributed by atoms with Crippen LogP contribution in [0.3, 0.4) is 0 Å². The lowest BCUT2D eigenvalue weighted by molar-refractivity contribution is 0.0914. The average Bonchev–Trinajstić information content (AvgIpc) is 2.84. The lowest BCUT2D eigenvalue weighted by Gasteiger charge is -2.11. The molecule has 2 atom stereocenters. The van der Waals surface area contributed by atoms with Gasteiger partial charge in [0, 0.05) is 13.7 Å². The summed E-state index contributed by atoms with van der Waals surface area (Å²) in [4.78, 5) is 12.1. The number of rotatable bonds is 3. The molecule has 2 rings (SSSR count). The Kier molecular flexibility index (Phi) is 3.73. The summed E-state index contributed by atoms with van der Waals surface area (Å²) in [5.41, 5.74) is -0.00875. The Morgan fingerprint density at radius 1 is 1.39 bits per heavy atom. The summed E-state index contributed by atoms with van der Waals surface area (Å²) in [6.45, 7) is 2.00. The maximum atomic E-state index is 13.7. The molecule has 0 bridgehead atoms. The standard InChI is InChI=1S/C13H15F2NO2/c1-7-3-4-9(12(15)11(7)14)13(17)10-5-8(18-2)6-16-10/h3-4,8,10,16H,5-6H2,1-2H3. The van der Waals surface area contributed by atoms with E-state index in [-0.39, 0.29) is 17.2 Å². The topological polar surface area (TPSA) is 38.3 Å². The highest BCUT2D eigenvalue weighted by Crippen LogP contribution is 2.20. The molecule has 0 aromatic heterocycles. The maximum absolute atomic E-state index is 13.7. The molecule has 1 fully saturated rings. The SMILES string of the molecule is COC1CNC(C(=O)c2ccc(C)c(F)c2F)C1. The van der Waals surface area contributed by atoms with E-state index in [0.29, 0.717) is 13.0 Å². The van der Waals surface area contributed by atoms with E-state index < -0.39 is 23.5 Å². The number of aryl methyl sites for hydroxylation is 1. The van der Waals surface area contributed by atoms with Gasteiger partial charge in [0.15, 0.2) is 17.4 Å². The number of nitrogens with one attached hydrogen (secondary N) is 1. The molecule has 1 aliphatic rings. The number of Topliss-reactive ketones (excluding diaryl/α,β-unsaturated/α-hetero) is 1. The van der Waals surface area contributed by atoms with Crippen LogP contribution in [0.2, 0.25) is 0 Å². The van der Waals surface area contributed by atoms with E-state index in [1.54, 1.807) is 7.11 Å². The molecule has 1 saturated heterocycles. The second kappa shape index (κ2) is 5.12. The molecule has 1 N–H and O–H groups in total. The first-order chi connectivity index (χ1) is 8.54. The van der Waals surface area contributed by atoms with Gasteiger partial charge in [-0.1, -0.05) is 6.07 Å². The molecule has 0 spiro atoms. The van der Waals surface area contributed by atoms with E-state index >= 15 is 0 Å². The molecule has 1 aromatic rings. The van der Waals surface area contributed by atoms with Crippen molar-refractivity contribution in [1.82, 2.24) is 5.32 Å². The molecule has 1 heterocycles. The van der Waals surface area contributed by atoms with E-state index in [1.807, 2.05) is 0 Å². The van der Waals surface area contributed by atoms with Crippen LogP contribution in [0.5, 0.6) is 0 Å². The number of hydrogen-bond donors (Lipinski definition) is 1. The van der Waals surface area contributed by atoms with Gasteiger partial charge in [-0.05, 0) is 25.0 Å². The van der Waals surface area contributed by atoms with Crippen molar-refractivity contribution in [2.24, 2.45) is 0 Å². The third-order valence-corrected chi connectivity index (χ3v) is 3.28. The zero-order valence-electron chi connectivity index (χ0n) is 10.3. The minimum absolute atomic E-state index is 0.0580. The van der Waals surface area contributed by atoms with Gasteiger partial charge < -0.3 is 10.1 Å². The van der Waals surface area contributed by atoms with Gasteiger partial charge >= 0.3 is 0 Å². The third-order valence-electron chi connectivity index (χ3n) is 3.28. The van der Waals surface area contributed by atoms with Crippen molar-refractivity contribution in [3.63, 3.8) is 0 Å². The lowest BCUT2D eigenvalue weighted by Crippen LogP contribution is -2.31. The molecule has 18 heavy (non-hydrogen) atoms. The predicted octanol–water partition coefficient (Wildman–Crippen LogP) is 1.83. The van der Waals surface area contributed by atoms with Crippen molar-refractivity contribution >= 4 is 5.78 Å². The number of carbonyl (C=O) groups excluding carboxylic acids is 1. The summed E-state index contributed by atoms with van der Waals surface area (Å²) in [5, 5.41) is 2.95. The van der Waals surface area contributed by atoms with Crippen LogP contribution in [0, 0.1) is 18.6 Å². The number of halogens is 2. The van der Waals surface area contributed by atoms with Crippen molar-refractivity contribution in [3.8, 4) is 0 Å². The second-order valence-corrected chi connectivity index (χ2v) is 4.48. The summed E-state index contributed by atoms with van der Waals surface area (Å²) in [6, 6.07) is 2.23. The Labute approximate surface area is 104 Å². The van der Waals surface area contributed by atoms with Crippen LogP contribution in [0.4, 0.5) is 8.78 Å². The molecule has 0 saturated carbocycles. The number of ether oxygens (including phenoxy) is 1. The molecular weight excluding hydrogens is 240 g/mol. The third kappa shape index (κ3) is 2.28. The van der Waals surface area contributed by atoms with Gasteiger partial charge in [-0.2, -0.15) is 0 Å². The lowest BCUT2D eigenvalue weighted by atomic mass is 10.0. The highest BCUT2D eigenvalue weighted by atomic mass is 19.2. The fourth-order valence-corrected chi connectivity index (χ4v) is 2.11. The van der Waals surface area contributed by atoms with Crippen LogP contribution in [-0.4, -0.2) is 31.6 Å². The van der Waals surface area contributed by atoms with Crippen LogP contribution < -0.4 is 5.32 Å². The van der Waals surface area contributed by atoms with Gasteiger partial charge in [-0.15, -0.1) is 0 Å². The van der Waals surface area contributed by atoms with Gasteiger partial charge in [0.25, 0.3) is 0 Å².